The number of hydrogen-bond donors (Lipinski definition) is 2. The van der Waals surface area contributed by atoms with Crippen LogP contribution >= 0.6 is 22.9 Å². The van der Waals surface area contributed by atoms with Gasteiger partial charge in [0.1, 0.15) is 0 Å². The second-order valence-corrected chi connectivity index (χ2v) is 7.70. The normalized spacial score (nSPS) is 14.9. The number of carbonyl (C=O) groups is 1. The minimum atomic E-state index is -3.74. The Morgan fingerprint density at radius 2 is 2.05 bits per heavy atom. The predicted octanol–water partition coefficient (Wildman–Crippen LogP) is 1.18. The molecule has 0 aliphatic carbocycles. The number of hydrogen-bond acceptors (Lipinski definition) is 6. The molecule has 0 saturated heterocycles. The SMILES string of the molecule is CC(=O)Nc1nnc(S(=O)(=O)NC(C)CC(C)Cl)s1. The van der Waals surface area contributed by atoms with Gasteiger partial charge in [-0.15, -0.1) is 21.8 Å². The Morgan fingerprint density at radius 3 is 2.58 bits per heavy atom. The number of nitrogens with zero attached hydrogens (tertiary/aromatic N) is 2. The summed E-state index contributed by atoms with van der Waals surface area (Å²) < 4.78 is 26.2. The summed E-state index contributed by atoms with van der Waals surface area (Å²) in [5.74, 6) is -0.336. The molecule has 0 aromatic carbocycles. The lowest BCUT2D eigenvalue weighted by atomic mass is 10.2. The van der Waals surface area contributed by atoms with Crippen LogP contribution in [0.25, 0.3) is 0 Å². The molecule has 1 aromatic rings. The number of alkyl halides is 1. The van der Waals surface area contributed by atoms with Gasteiger partial charge in [0, 0.05) is 18.3 Å². The van der Waals surface area contributed by atoms with Crippen LogP contribution in [-0.2, 0) is 14.8 Å². The molecule has 0 fully saturated rings. The second kappa shape index (κ2) is 6.60. The first kappa shape index (κ1) is 16.3. The van der Waals surface area contributed by atoms with Crippen molar-refractivity contribution >= 4 is 44.0 Å². The Morgan fingerprint density at radius 1 is 1.42 bits per heavy atom. The van der Waals surface area contributed by atoms with Crippen LogP contribution in [0.2, 0.25) is 0 Å². The van der Waals surface area contributed by atoms with Crippen molar-refractivity contribution in [3.63, 3.8) is 0 Å². The van der Waals surface area contributed by atoms with E-state index in [2.05, 4.69) is 20.2 Å². The highest BCUT2D eigenvalue weighted by Crippen LogP contribution is 2.20. The largest absolute Gasteiger partial charge is 0.301 e. The maximum Gasteiger partial charge on any atom is 0.270 e. The number of carbonyl (C=O) groups excluding carboxylic acids is 1. The number of nitrogens with one attached hydrogen (secondary N) is 2. The van der Waals surface area contributed by atoms with Crippen molar-refractivity contribution in [1.82, 2.24) is 14.9 Å². The molecule has 108 valence electrons. The lowest BCUT2D eigenvalue weighted by Crippen LogP contribution is -2.33. The molecule has 0 aliphatic heterocycles. The molecule has 1 aromatic heterocycles. The van der Waals surface area contributed by atoms with E-state index in [1.165, 1.54) is 6.92 Å². The van der Waals surface area contributed by atoms with Gasteiger partial charge in [0.25, 0.3) is 10.0 Å². The van der Waals surface area contributed by atoms with Gasteiger partial charge >= 0.3 is 0 Å². The molecule has 2 N–H and O–H groups in total. The van der Waals surface area contributed by atoms with Crippen LogP contribution < -0.4 is 10.0 Å². The molecule has 10 heteroatoms. The maximum absolute atomic E-state index is 12.0. The van der Waals surface area contributed by atoms with Gasteiger partial charge in [-0.25, -0.2) is 13.1 Å². The van der Waals surface area contributed by atoms with Crippen molar-refractivity contribution in [1.29, 1.82) is 0 Å². The van der Waals surface area contributed by atoms with Crippen LogP contribution in [0.5, 0.6) is 0 Å². The van der Waals surface area contributed by atoms with E-state index in [-0.39, 0.29) is 26.8 Å². The molecule has 0 spiro atoms. The standard InChI is InChI=1S/C9H15ClN4O3S2/c1-5(10)4-6(2)14-19(16,17)9-13-12-8(18-9)11-7(3)15/h5-6,14H,4H2,1-3H3,(H,11,12,15). The molecule has 2 unspecified atom stereocenters. The van der Waals surface area contributed by atoms with E-state index < -0.39 is 10.0 Å². The van der Waals surface area contributed by atoms with Crippen molar-refractivity contribution in [3.05, 3.63) is 0 Å². The lowest BCUT2D eigenvalue weighted by molar-refractivity contribution is -0.114. The van der Waals surface area contributed by atoms with E-state index in [0.717, 1.165) is 11.3 Å². The zero-order valence-electron chi connectivity index (χ0n) is 10.7. The summed E-state index contributed by atoms with van der Waals surface area (Å²) in [5, 5.41) is 9.51. The predicted molar refractivity (Wildman–Crippen MR) is 73.9 cm³/mol. The van der Waals surface area contributed by atoms with Crippen LogP contribution in [0.1, 0.15) is 27.2 Å². The topological polar surface area (TPSA) is 101 Å². The van der Waals surface area contributed by atoms with E-state index in [1.54, 1.807) is 13.8 Å². The summed E-state index contributed by atoms with van der Waals surface area (Å²) in [5.41, 5.74) is 0. The first-order chi connectivity index (χ1) is 8.70. The molecule has 1 heterocycles. The number of amides is 1. The summed E-state index contributed by atoms with van der Waals surface area (Å²) in [6.07, 6.45) is 0.498. The highest BCUT2D eigenvalue weighted by Gasteiger charge is 2.23. The summed E-state index contributed by atoms with van der Waals surface area (Å²) in [7, 11) is -3.74. The first-order valence-corrected chi connectivity index (χ1v) is 8.22. The zero-order chi connectivity index (χ0) is 14.6. The van der Waals surface area contributed by atoms with Crippen LogP contribution in [-0.4, -0.2) is 35.9 Å². The van der Waals surface area contributed by atoms with E-state index in [4.69, 9.17) is 11.6 Å². The van der Waals surface area contributed by atoms with E-state index in [1.807, 2.05) is 0 Å². The number of rotatable bonds is 6. The van der Waals surface area contributed by atoms with Gasteiger partial charge in [0.2, 0.25) is 15.4 Å². The maximum atomic E-state index is 12.0. The van der Waals surface area contributed by atoms with Gasteiger partial charge in [0.15, 0.2) is 0 Å². The fourth-order valence-corrected chi connectivity index (χ4v) is 3.86. The summed E-state index contributed by atoms with van der Waals surface area (Å²) in [6.45, 7) is 4.80. The van der Waals surface area contributed by atoms with Crippen LogP contribution in [0, 0.1) is 0 Å². The molecular weight excluding hydrogens is 312 g/mol. The zero-order valence-corrected chi connectivity index (χ0v) is 13.1. The lowest BCUT2D eigenvalue weighted by Gasteiger charge is -2.13. The van der Waals surface area contributed by atoms with Crippen molar-refractivity contribution in [3.8, 4) is 0 Å². The molecule has 0 bridgehead atoms. The summed E-state index contributed by atoms with van der Waals surface area (Å²) in [4.78, 5) is 10.8. The van der Waals surface area contributed by atoms with E-state index in [0.29, 0.717) is 6.42 Å². The average molecular weight is 327 g/mol. The van der Waals surface area contributed by atoms with Crippen molar-refractivity contribution < 1.29 is 13.2 Å². The fraction of sp³-hybridized carbons (Fsp3) is 0.667. The first-order valence-electron chi connectivity index (χ1n) is 5.48. The van der Waals surface area contributed by atoms with E-state index in [9.17, 15) is 13.2 Å². The molecule has 7 nitrogen and oxygen atoms in total. The monoisotopic (exact) mass is 326 g/mol. The Labute approximate surface area is 120 Å². The average Bonchev–Trinajstić information content (AvgIpc) is 2.62. The van der Waals surface area contributed by atoms with Crippen molar-refractivity contribution in [2.24, 2.45) is 0 Å². The molecule has 19 heavy (non-hydrogen) atoms. The number of aromatic nitrogens is 2. The molecular formula is C9H15ClN4O3S2. The van der Waals surface area contributed by atoms with Gasteiger partial charge in [0.05, 0.1) is 0 Å². The Hall–Kier alpha value is -0.770. The van der Waals surface area contributed by atoms with Crippen molar-refractivity contribution in [2.45, 2.75) is 43.0 Å². The fourth-order valence-electron chi connectivity index (χ4n) is 1.37. The van der Waals surface area contributed by atoms with Crippen LogP contribution in [0.15, 0.2) is 4.34 Å². The Balaban J connectivity index is 2.77. The van der Waals surface area contributed by atoms with Gasteiger partial charge < -0.3 is 5.32 Å². The Bertz CT molecular complexity index is 543. The molecule has 0 aliphatic rings. The molecule has 1 amide bonds. The van der Waals surface area contributed by atoms with Gasteiger partial charge in [-0.05, 0) is 20.3 Å². The van der Waals surface area contributed by atoms with Gasteiger partial charge in [-0.1, -0.05) is 11.3 Å². The minimum absolute atomic E-state index is 0.137. The third kappa shape index (κ3) is 5.39. The third-order valence-corrected chi connectivity index (χ3v) is 4.93. The number of sulfonamides is 1. The van der Waals surface area contributed by atoms with Crippen LogP contribution in [0.4, 0.5) is 5.13 Å². The molecule has 2 atom stereocenters. The second-order valence-electron chi connectivity index (χ2n) is 4.09. The number of halogens is 1. The summed E-state index contributed by atoms with van der Waals surface area (Å²) >= 11 is 6.59. The smallest absolute Gasteiger partial charge is 0.270 e. The highest BCUT2D eigenvalue weighted by atomic mass is 35.5. The molecule has 0 saturated carbocycles. The molecule has 1 rings (SSSR count). The Kier molecular flexibility index (Phi) is 5.65. The molecule has 0 radical (unpaired) electrons. The van der Waals surface area contributed by atoms with E-state index >= 15 is 0 Å². The van der Waals surface area contributed by atoms with Crippen LogP contribution in [0.3, 0.4) is 0 Å². The third-order valence-electron chi connectivity index (χ3n) is 1.95. The minimum Gasteiger partial charge on any atom is -0.301 e. The van der Waals surface area contributed by atoms with Gasteiger partial charge in [-0.2, -0.15) is 0 Å². The summed E-state index contributed by atoms with van der Waals surface area (Å²) in [6, 6.07) is -0.314. The van der Waals surface area contributed by atoms with Gasteiger partial charge in [-0.3, -0.25) is 4.79 Å². The highest BCUT2D eigenvalue weighted by molar-refractivity contribution is 7.91. The van der Waals surface area contributed by atoms with Crippen molar-refractivity contribution in [2.75, 3.05) is 5.32 Å². The quantitative estimate of drug-likeness (QED) is 0.604. The number of anilines is 1.